The van der Waals surface area contributed by atoms with Crippen LogP contribution in [0.25, 0.3) is 0 Å². The Morgan fingerprint density at radius 3 is 2.41 bits per heavy atom. The minimum absolute atomic E-state index is 0.0902. The van der Waals surface area contributed by atoms with E-state index in [4.69, 9.17) is 0 Å². The van der Waals surface area contributed by atoms with Crippen molar-refractivity contribution in [1.82, 2.24) is 15.1 Å². The molecule has 4 rings (SSSR count). The summed E-state index contributed by atoms with van der Waals surface area (Å²) in [4.78, 5) is 13.6. The molecule has 168 valence electrons. The van der Waals surface area contributed by atoms with E-state index >= 15 is 0 Å². The molecule has 0 radical (unpaired) electrons. The summed E-state index contributed by atoms with van der Waals surface area (Å²) in [7, 11) is 0. The third-order valence-corrected chi connectivity index (χ3v) is 6.97. The average molecular weight is 431 g/mol. The van der Waals surface area contributed by atoms with Gasteiger partial charge in [0, 0.05) is 0 Å². The number of carbonyl (C=O) groups is 1. The Labute approximate surface area is 191 Å². The van der Waals surface area contributed by atoms with E-state index in [0.29, 0.717) is 5.56 Å². The van der Waals surface area contributed by atoms with Crippen LogP contribution >= 0.6 is 0 Å². The molecule has 2 aromatic carbocycles. The van der Waals surface area contributed by atoms with Gasteiger partial charge >= 0.3 is 0 Å². The van der Waals surface area contributed by atoms with Gasteiger partial charge in [0.05, 0.1) is 23.3 Å². The van der Waals surface area contributed by atoms with Crippen LogP contribution in [0.3, 0.4) is 0 Å². The number of hydrogen-bond acceptors (Lipinski definition) is 3. The zero-order valence-electron chi connectivity index (χ0n) is 19.8. The molecular weight excluding hydrogens is 396 g/mol. The van der Waals surface area contributed by atoms with Crippen LogP contribution in [0.5, 0.6) is 0 Å². The first-order valence-electron chi connectivity index (χ1n) is 11.6. The van der Waals surface area contributed by atoms with Crippen LogP contribution in [0.15, 0.2) is 60.8 Å². The molecule has 0 saturated heterocycles. The predicted octanol–water partition coefficient (Wildman–Crippen LogP) is 5.93. The highest BCUT2D eigenvalue weighted by molar-refractivity contribution is 5.99. The maximum atomic E-state index is 13.6. The Kier molecular flexibility index (Phi) is 5.85. The molecule has 0 bridgehead atoms. The molecule has 2 heterocycles. The summed E-state index contributed by atoms with van der Waals surface area (Å²) >= 11 is 0. The van der Waals surface area contributed by atoms with Crippen molar-refractivity contribution >= 4 is 11.7 Å². The molecule has 32 heavy (non-hydrogen) atoms. The zero-order valence-corrected chi connectivity index (χ0v) is 19.8. The molecule has 0 aliphatic carbocycles. The number of hydrogen-bond donors (Lipinski definition) is 2. The number of nitrogens with zero attached hydrogens (tertiary/aromatic N) is 2. The van der Waals surface area contributed by atoms with E-state index in [2.05, 4.69) is 98.9 Å². The van der Waals surface area contributed by atoms with Gasteiger partial charge in [-0.3, -0.25) is 4.79 Å². The van der Waals surface area contributed by atoms with E-state index < -0.39 is 5.54 Å². The molecule has 2 N–H and O–H groups in total. The second-order valence-corrected chi connectivity index (χ2v) is 9.55. The quantitative estimate of drug-likeness (QED) is 0.510. The third-order valence-electron chi connectivity index (χ3n) is 6.97. The van der Waals surface area contributed by atoms with Gasteiger partial charge in [0.2, 0.25) is 0 Å². The molecule has 0 saturated carbocycles. The van der Waals surface area contributed by atoms with Crippen molar-refractivity contribution in [2.24, 2.45) is 0 Å². The molecule has 1 aromatic heterocycles. The van der Waals surface area contributed by atoms with Gasteiger partial charge in [-0.2, -0.15) is 5.10 Å². The Hall–Kier alpha value is -3.08. The summed E-state index contributed by atoms with van der Waals surface area (Å²) in [6, 6.07) is 19.0. The number of benzene rings is 2. The monoisotopic (exact) mass is 430 g/mol. The van der Waals surface area contributed by atoms with E-state index in [1.165, 1.54) is 11.1 Å². The van der Waals surface area contributed by atoms with Crippen LogP contribution in [-0.4, -0.2) is 15.7 Å². The summed E-state index contributed by atoms with van der Waals surface area (Å²) in [5, 5.41) is 11.6. The van der Waals surface area contributed by atoms with Gasteiger partial charge in [-0.1, -0.05) is 74.0 Å². The molecule has 5 heteroatoms. The first kappa shape index (κ1) is 22.1. The number of amides is 1. The Bertz CT molecular complexity index is 1080. The summed E-state index contributed by atoms with van der Waals surface area (Å²) in [6.07, 6.45) is 4.22. The van der Waals surface area contributed by atoms with Crippen molar-refractivity contribution in [2.75, 3.05) is 5.32 Å². The molecule has 1 aliphatic rings. The highest BCUT2D eigenvalue weighted by Crippen LogP contribution is 2.40. The van der Waals surface area contributed by atoms with Crippen LogP contribution in [0.1, 0.15) is 80.0 Å². The van der Waals surface area contributed by atoms with Crippen molar-refractivity contribution in [3.63, 3.8) is 0 Å². The second-order valence-electron chi connectivity index (χ2n) is 9.55. The highest BCUT2D eigenvalue weighted by Gasteiger charge is 2.38. The van der Waals surface area contributed by atoms with Crippen LogP contribution in [0, 0.1) is 6.92 Å². The van der Waals surface area contributed by atoms with Crippen LogP contribution in [0.2, 0.25) is 0 Å². The van der Waals surface area contributed by atoms with Crippen LogP contribution < -0.4 is 10.6 Å². The smallest absolute Gasteiger partial charge is 0.257 e. The summed E-state index contributed by atoms with van der Waals surface area (Å²) < 4.78 is 1.97. The van der Waals surface area contributed by atoms with Crippen molar-refractivity contribution in [3.05, 3.63) is 83.0 Å². The lowest BCUT2D eigenvalue weighted by Gasteiger charge is -2.38. The van der Waals surface area contributed by atoms with Crippen LogP contribution in [-0.2, 0) is 11.1 Å². The van der Waals surface area contributed by atoms with E-state index in [1.807, 2.05) is 10.7 Å². The maximum Gasteiger partial charge on any atom is 0.257 e. The topological polar surface area (TPSA) is 59.0 Å². The lowest BCUT2D eigenvalue weighted by Crippen LogP contribution is -2.45. The summed E-state index contributed by atoms with van der Waals surface area (Å²) in [5.41, 5.74) is 3.54. The molecule has 5 nitrogen and oxygen atoms in total. The van der Waals surface area contributed by atoms with E-state index in [-0.39, 0.29) is 17.5 Å². The summed E-state index contributed by atoms with van der Waals surface area (Å²) in [6.45, 7) is 10.7. The first-order chi connectivity index (χ1) is 15.3. The number of fused-ring (bicyclic) bond motifs is 1. The fourth-order valence-corrected chi connectivity index (χ4v) is 4.87. The normalized spacial score (nSPS) is 17.3. The Balaban J connectivity index is 1.67. The number of carbonyl (C=O) groups excluding carboxylic acids is 1. The fraction of sp³-hybridized carbons (Fsp3) is 0.407. The number of aryl methyl sites for hydroxylation is 1. The minimum Gasteiger partial charge on any atom is -0.363 e. The molecule has 1 atom stereocenters. The molecular formula is C27H34N4O. The molecule has 1 aliphatic heterocycles. The van der Waals surface area contributed by atoms with Gasteiger partial charge in [-0.05, 0) is 51.2 Å². The van der Waals surface area contributed by atoms with Crippen molar-refractivity contribution < 1.29 is 4.79 Å². The lowest BCUT2D eigenvalue weighted by atomic mass is 9.84. The van der Waals surface area contributed by atoms with Crippen molar-refractivity contribution in [1.29, 1.82) is 0 Å². The number of rotatable bonds is 6. The van der Waals surface area contributed by atoms with E-state index in [1.54, 1.807) is 6.20 Å². The molecule has 0 unspecified atom stereocenters. The molecule has 1 amide bonds. The van der Waals surface area contributed by atoms with Crippen LogP contribution in [0.4, 0.5) is 5.82 Å². The third kappa shape index (κ3) is 3.92. The maximum absolute atomic E-state index is 13.6. The largest absolute Gasteiger partial charge is 0.363 e. The lowest BCUT2D eigenvalue weighted by molar-refractivity contribution is 0.0890. The average Bonchev–Trinajstić information content (AvgIpc) is 3.24. The predicted molar refractivity (Wildman–Crippen MR) is 130 cm³/mol. The standard InChI is InChI=1S/C27H34N4O/c1-6-27(7-2,21-15-13-19(3)14-16-21)30-25(32)22-18-28-31-24(22)29-23(17-26(31,4)5)20-11-9-8-10-12-20/h8-16,18,23,29H,6-7,17H2,1-5H3,(H,30,32)/t23-/m1/s1. The van der Waals surface area contributed by atoms with Gasteiger partial charge in [-0.25, -0.2) is 4.68 Å². The van der Waals surface area contributed by atoms with E-state index in [9.17, 15) is 4.79 Å². The molecule has 3 aromatic rings. The SMILES string of the molecule is CCC(CC)(NC(=O)c1cnn2c1N[C@@H](c1ccccc1)CC2(C)C)c1ccc(C)cc1. The van der Waals surface area contributed by atoms with Gasteiger partial charge < -0.3 is 10.6 Å². The Morgan fingerprint density at radius 2 is 1.78 bits per heavy atom. The molecule has 0 fully saturated rings. The van der Waals surface area contributed by atoms with E-state index in [0.717, 1.165) is 30.6 Å². The zero-order chi connectivity index (χ0) is 22.9. The number of anilines is 1. The second kappa shape index (κ2) is 8.45. The number of nitrogens with one attached hydrogen (secondary N) is 2. The minimum atomic E-state index is -0.414. The molecule has 0 spiro atoms. The van der Waals surface area contributed by atoms with Gasteiger partial charge in [0.25, 0.3) is 5.91 Å². The number of aromatic nitrogens is 2. The van der Waals surface area contributed by atoms with Gasteiger partial charge in [0.15, 0.2) is 0 Å². The highest BCUT2D eigenvalue weighted by atomic mass is 16.1. The first-order valence-corrected chi connectivity index (χ1v) is 11.6. The summed E-state index contributed by atoms with van der Waals surface area (Å²) in [5.74, 6) is 0.699. The van der Waals surface area contributed by atoms with Crippen molar-refractivity contribution in [3.8, 4) is 0 Å². The van der Waals surface area contributed by atoms with Gasteiger partial charge in [0.1, 0.15) is 11.4 Å². The van der Waals surface area contributed by atoms with Crippen molar-refractivity contribution in [2.45, 2.75) is 71.0 Å². The van der Waals surface area contributed by atoms with Gasteiger partial charge in [-0.15, -0.1) is 0 Å². The Morgan fingerprint density at radius 1 is 1.12 bits per heavy atom. The fourth-order valence-electron chi connectivity index (χ4n) is 4.87.